The molecule has 3 aromatic rings. The Kier molecular flexibility index (Phi) is 9.09. The van der Waals surface area contributed by atoms with Gasteiger partial charge in [0, 0.05) is 24.9 Å². The molecule has 1 aromatic carbocycles. The summed E-state index contributed by atoms with van der Waals surface area (Å²) < 4.78 is 51.6. The van der Waals surface area contributed by atoms with Crippen molar-refractivity contribution in [3.05, 3.63) is 59.4 Å². The van der Waals surface area contributed by atoms with E-state index in [0.717, 1.165) is 0 Å². The number of nitrogens with one attached hydrogen (secondary N) is 2. The van der Waals surface area contributed by atoms with Gasteiger partial charge in [-0.05, 0) is 37.8 Å². The molecule has 0 saturated heterocycles. The lowest BCUT2D eigenvalue weighted by Crippen LogP contribution is -2.40. The maximum Gasteiger partial charge on any atom is 0.490 e. The van der Waals surface area contributed by atoms with E-state index in [1.165, 1.54) is 12.1 Å². The number of carboxylic acid groups (broad SMARTS) is 2. The average Bonchev–Trinajstić information content (AvgIpc) is 3.36. The van der Waals surface area contributed by atoms with Crippen LogP contribution in [0.25, 0.3) is 0 Å². The fraction of sp³-hybridized carbons (Fsp3) is 0.348. The summed E-state index contributed by atoms with van der Waals surface area (Å²) >= 11 is 5.81. The highest BCUT2D eigenvalue weighted by molar-refractivity contribution is 6.30. The van der Waals surface area contributed by atoms with Gasteiger partial charge >= 0.3 is 18.1 Å². The fourth-order valence-corrected chi connectivity index (χ4v) is 4.01. The number of benzene rings is 1. The van der Waals surface area contributed by atoms with Crippen LogP contribution in [0.1, 0.15) is 31.4 Å². The molecule has 1 aliphatic carbocycles. The number of rotatable bonds is 7. The highest BCUT2D eigenvalue weighted by atomic mass is 35.5. The highest BCUT2D eigenvalue weighted by Crippen LogP contribution is 2.41. The standard InChI is InChI=1S/C21H21ClFN5O3.C2HF3O2/c22-15-2-1-3-16(19(15)23)31-14-4-7-21(8-5-14,20(29)30)10-13-11-24-12-18(26-13)27-17-6-9-25-28-17;3-2(4,5)1(6)7/h1-3,6,9,11-12,14H,4-5,7-8,10H2,(H,29,30)(H2,25,26,27,28);(H,6,7)/t14-,21-;. The van der Waals surface area contributed by atoms with E-state index in [1.54, 1.807) is 30.7 Å². The van der Waals surface area contributed by atoms with Crippen molar-refractivity contribution in [2.24, 2.45) is 5.41 Å². The molecule has 0 unspecified atom stereocenters. The number of carbonyl (C=O) groups is 2. The number of nitrogens with zero attached hydrogens (tertiary/aromatic N) is 3. The topological polar surface area (TPSA) is 150 Å². The molecule has 1 aliphatic rings. The van der Waals surface area contributed by atoms with Gasteiger partial charge in [0.1, 0.15) is 5.82 Å². The van der Waals surface area contributed by atoms with Crippen LogP contribution in [0.4, 0.5) is 29.2 Å². The van der Waals surface area contributed by atoms with E-state index in [9.17, 15) is 27.5 Å². The van der Waals surface area contributed by atoms with Gasteiger partial charge in [-0.2, -0.15) is 18.3 Å². The van der Waals surface area contributed by atoms with Crippen molar-refractivity contribution in [3.8, 4) is 5.75 Å². The Hall–Kier alpha value is -3.94. The van der Waals surface area contributed by atoms with E-state index in [4.69, 9.17) is 26.2 Å². The molecule has 38 heavy (non-hydrogen) atoms. The first-order valence-corrected chi connectivity index (χ1v) is 11.5. The molecular weight excluding hydrogens is 538 g/mol. The van der Waals surface area contributed by atoms with Crippen molar-refractivity contribution < 1.29 is 42.1 Å². The lowest BCUT2D eigenvalue weighted by molar-refractivity contribution is -0.192. The molecular formula is C23H22ClF4N5O5. The molecule has 204 valence electrons. The Morgan fingerprint density at radius 1 is 1.16 bits per heavy atom. The minimum absolute atomic E-state index is 0.00454. The van der Waals surface area contributed by atoms with Crippen molar-refractivity contribution in [2.45, 2.75) is 44.4 Å². The summed E-state index contributed by atoms with van der Waals surface area (Å²) in [7, 11) is 0. The third kappa shape index (κ3) is 7.54. The smallest absolute Gasteiger partial charge is 0.487 e. The first-order valence-electron chi connectivity index (χ1n) is 11.1. The summed E-state index contributed by atoms with van der Waals surface area (Å²) in [4.78, 5) is 29.8. The van der Waals surface area contributed by atoms with Gasteiger partial charge in [-0.15, -0.1) is 0 Å². The number of aromatic amines is 1. The Balaban J connectivity index is 0.000000505. The number of alkyl halides is 3. The number of aromatic nitrogens is 4. The van der Waals surface area contributed by atoms with Gasteiger partial charge in [0.2, 0.25) is 0 Å². The lowest BCUT2D eigenvalue weighted by Gasteiger charge is -2.36. The second-order valence-corrected chi connectivity index (χ2v) is 8.82. The van der Waals surface area contributed by atoms with Crippen LogP contribution < -0.4 is 10.1 Å². The van der Waals surface area contributed by atoms with Crippen LogP contribution in [0.5, 0.6) is 5.75 Å². The number of anilines is 2. The summed E-state index contributed by atoms with van der Waals surface area (Å²) in [6.45, 7) is 0. The largest absolute Gasteiger partial charge is 0.490 e. The quantitative estimate of drug-likeness (QED) is 0.293. The van der Waals surface area contributed by atoms with Crippen LogP contribution in [0.15, 0.2) is 42.9 Å². The zero-order valence-electron chi connectivity index (χ0n) is 19.5. The van der Waals surface area contributed by atoms with Gasteiger partial charge in [0.25, 0.3) is 0 Å². The minimum atomic E-state index is -5.08. The second kappa shape index (κ2) is 12.1. The molecule has 0 spiro atoms. The molecule has 0 atom stereocenters. The van der Waals surface area contributed by atoms with Crippen LogP contribution in [0.3, 0.4) is 0 Å². The van der Waals surface area contributed by atoms with Crippen LogP contribution >= 0.6 is 11.6 Å². The minimum Gasteiger partial charge on any atom is -0.487 e. The molecule has 1 fully saturated rings. The summed E-state index contributed by atoms with van der Waals surface area (Å²) in [5, 5.41) is 26.8. The van der Waals surface area contributed by atoms with E-state index >= 15 is 0 Å². The number of hydrogen-bond donors (Lipinski definition) is 4. The number of halogens is 5. The van der Waals surface area contributed by atoms with E-state index in [-0.39, 0.29) is 23.3 Å². The van der Waals surface area contributed by atoms with E-state index < -0.39 is 29.3 Å². The first-order chi connectivity index (χ1) is 17.9. The molecule has 0 amide bonds. The zero-order chi connectivity index (χ0) is 27.9. The molecule has 0 radical (unpaired) electrons. The van der Waals surface area contributed by atoms with Crippen molar-refractivity contribution in [1.82, 2.24) is 20.2 Å². The summed E-state index contributed by atoms with van der Waals surface area (Å²) in [5.41, 5.74) is -0.407. The van der Waals surface area contributed by atoms with Crippen LogP contribution in [-0.4, -0.2) is 54.6 Å². The zero-order valence-corrected chi connectivity index (χ0v) is 20.3. The summed E-state index contributed by atoms with van der Waals surface area (Å²) in [6, 6.07) is 6.34. The monoisotopic (exact) mass is 559 g/mol. The van der Waals surface area contributed by atoms with Gasteiger partial charge in [-0.1, -0.05) is 17.7 Å². The third-order valence-corrected chi connectivity index (χ3v) is 6.05. The van der Waals surface area contributed by atoms with Crippen LogP contribution in [-0.2, 0) is 16.0 Å². The first kappa shape index (κ1) is 28.6. The molecule has 1 saturated carbocycles. The molecule has 2 aromatic heterocycles. The predicted octanol–water partition coefficient (Wildman–Crippen LogP) is 5.00. The Bertz CT molecular complexity index is 1250. The molecule has 15 heteroatoms. The average molecular weight is 560 g/mol. The van der Waals surface area contributed by atoms with Crippen molar-refractivity contribution >= 4 is 35.2 Å². The second-order valence-electron chi connectivity index (χ2n) is 8.41. The van der Waals surface area contributed by atoms with Crippen LogP contribution in [0, 0.1) is 11.2 Å². The van der Waals surface area contributed by atoms with Gasteiger partial charge in [0.15, 0.2) is 17.4 Å². The van der Waals surface area contributed by atoms with Crippen LogP contribution in [0.2, 0.25) is 5.02 Å². The van der Waals surface area contributed by atoms with Crippen molar-refractivity contribution in [2.75, 3.05) is 5.32 Å². The lowest BCUT2D eigenvalue weighted by atomic mass is 9.70. The normalized spacial score (nSPS) is 19.1. The molecule has 0 bridgehead atoms. The van der Waals surface area contributed by atoms with Gasteiger partial charge in [-0.3, -0.25) is 14.9 Å². The van der Waals surface area contributed by atoms with Gasteiger partial charge < -0.3 is 20.3 Å². The number of aliphatic carboxylic acids is 2. The maximum atomic E-state index is 14.1. The van der Waals surface area contributed by atoms with E-state index in [1.807, 2.05) is 0 Å². The molecule has 4 rings (SSSR count). The van der Waals surface area contributed by atoms with Crippen molar-refractivity contribution in [1.29, 1.82) is 0 Å². The number of ether oxygens (including phenoxy) is 1. The van der Waals surface area contributed by atoms with Gasteiger partial charge in [0.05, 0.1) is 28.4 Å². The van der Waals surface area contributed by atoms with E-state index in [2.05, 4.69) is 25.5 Å². The third-order valence-electron chi connectivity index (χ3n) is 5.76. The van der Waals surface area contributed by atoms with E-state index in [0.29, 0.717) is 43.0 Å². The Morgan fingerprint density at radius 2 is 1.84 bits per heavy atom. The Labute approximate surface area is 218 Å². The number of carboxylic acids is 2. The summed E-state index contributed by atoms with van der Waals surface area (Å²) in [5.74, 6) is -3.08. The molecule has 10 nitrogen and oxygen atoms in total. The maximum absolute atomic E-state index is 14.1. The number of H-pyrrole nitrogens is 1. The summed E-state index contributed by atoms with van der Waals surface area (Å²) in [6.07, 6.45) is 1.41. The van der Waals surface area contributed by atoms with Gasteiger partial charge in [-0.25, -0.2) is 14.2 Å². The predicted molar refractivity (Wildman–Crippen MR) is 126 cm³/mol. The van der Waals surface area contributed by atoms with Crippen molar-refractivity contribution in [3.63, 3.8) is 0 Å². The fourth-order valence-electron chi connectivity index (χ4n) is 3.84. The molecule has 0 aliphatic heterocycles. The molecule has 2 heterocycles. The SMILES string of the molecule is O=C(O)C(F)(F)F.O=C(O)[C@]1(Cc2cncc(Nc3cc[nH]n3)n2)CC[C@@H](Oc2cccc(Cl)c2F)CC1. The Morgan fingerprint density at radius 3 is 2.42 bits per heavy atom. The molecule has 4 N–H and O–H groups in total. The number of hydrogen-bond acceptors (Lipinski definition) is 7. The highest BCUT2D eigenvalue weighted by Gasteiger charge is 2.43.